The summed E-state index contributed by atoms with van der Waals surface area (Å²) in [6.45, 7) is 1.95. The Kier molecular flexibility index (Phi) is 7.86. The number of nitrogens with one attached hydrogen (secondary N) is 1. The van der Waals surface area contributed by atoms with Gasteiger partial charge in [0.15, 0.2) is 0 Å². The van der Waals surface area contributed by atoms with E-state index in [1.165, 1.54) is 0 Å². The average Bonchev–Trinajstić information content (AvgIpc) is 3.74. The zero-order valence-corrected chi connectivity index (χ0v) is 27.5. The molecule has 0 unspecified atom stereocenters. The summed E-state index contributed by atoms with van der Waals surface area (Å²) in [6, 6.07) is 47.1. The van der Waals surface area contributed by atoms with Gasteiger partial charge in [0.05, 0.1) is 17.2 Å². The van der Waals surface area contributed by atoms with Crippen molar-refractivity contribution < 1.29 is 4.79 Å². The summed E-state index contributed by atoms with van der Waals surface area (Å²) in [4.78, 5) is 22.7. The highest BCUT2D eigenvalue weighted by Crippen LogP contribution is 2.45. The Morgan fingerprint density at radius 1 is 0.776 bits per heavy atom. The van der Waals surface area contributed by atoms with Gasteiger partial charge in [-0.15, -0.1) is 0 Å². The highest BCUT2D eigenvalue weighted by Gasteiger charge is 2.41. The number of amides is 1. The number of carbonyl (C=O) groups is 1. The first-order chi connectivity index (χ1) is 24.0. The molecule has 0 aliphatic carbocycles. The molecule has 5 aromatic carbocycles. The fraction of sp³-hybridized carbons (Fsp3) is 0.0952. The number of rotatable bonds is 8. The second-order valence-electron chi connectivity index (χ2n) is 12.3. The van der Waals surface area contributed by atoms with Crippen LogP contribution in [0.4, 0.5) is 5.69 Å². The molecule has 7 aromatic rings. The molecule has 0 radical (unpaired) electrons. The number of hydrogen-bond donors (Lipinski definition) is 1. The minimum absolute atomic E-state index is 0.198. The number of pyridine rings is 1. The van der Waals surface area contributed by atoms with Crippen LogP contribution in [0.3, 0.4) is 0 Å². The van der Waals surface area contributed by atoms with Crippen molar-refractivity contribution in [2.45, 2.75) is 24.9 Å². The van der Waals surface area contributed by atoms with E-state index in [9.17, 15) is 4.79 Å². The first kappa shape index (κ1) is 30.5. The van der Waals surface area contributed by atoms with Crippen molar-refractivity contribution in [3.8, 4) is 11.3 Å². The molecule has 1 aliphatic heterocycles. The normalized spacial score (nSPS) is 13.1. The highest BCUT2D eigenvalue weighted by molar-refractivity contribution is 6.41. The van der Waals surface area contributed by atoms with Gasteiger partial charge in [-0.3, -0.25) is 9.78 Å². The standard InChI is InChI=1S/C42H32ClN5O/c1-28(30-12-11-19-35(43)24-30)45-41(49)38-25-31-26-39-36(27-37(31)46-38)40(29-20-22-44-23-21-29)47-48(39)42(32-13-5-2-6-14-32,33-15-7-3-8-16-33)34-17-9-4-10-18-34/h2-24,26-28H,25H2,1H3,(H,45,49)/t28-/m1/s1. The smallest absolute Gasteiger partial charge is 0.266 e. The minimum Gasteiger partial charge on any atom is -0.344 e. The van der Waals surface area contributed by atoms with Gasteiger partial charge in [0.1, 0.15) is 16.9 Å². The number of hydrogen-bond acceptors (Lipinski definition) is 4. The zero-order chi connectivity index (χ0) is 33.4. The summed E-state index contributed by atoms with van der Waals surface area (Å²) in [5, 5.41) is 10.2. The van der Waals surface area contributed by atoms with Gasteiger partial charge in [0, 0.05) is 34.8 Å². The third-order valence-electron chi connectivity index (χ3n) is 9.30. The quantitative estimate of drug-likeness (QED) is 0.166. The number of aliphatic imine (C=N–C) groups is 1. The molecule has 7 heteroatoms. The van der Waals surface area contributed by atoms with Gasteiger partial charge in [-0.25, -0.2) is 9.67 Å². The van der Waals surface area contributed by atoms with Crippen LogP contribution in [-0.2, 0) is 16.8 Å². The summed E-state index contributed by atoms with van der Waals surface area (Å²) in [6.07, 6.45) is 3.98. The number of benzene rings is 5. The SMILES string of the molecule is C[C@@H](NC(=O)C1=Nc2cc3c(-c4ccncc4)nn(C(c4ccccc4)(c4ccccc4)c4ccccc4)c3cc2C1)c1cccc(Cl)c1. The van der Waals surface area contributed by atoms with Crippen LogP contribution in [0.25, 0.3) is 22.2 Å². The van der Waals surface area contributed by atoms with Gasteiger partial charge in [0.25, 0.3) is 5.91 Å². The van der Waals surface area contributed by atoms with Gasteiger partial charge in [-0.2, -0.15) is 5.10 Å². The molecular formula is C42H32ClN5O. The molecule has 8 rings (SSSR count). The second kappa shape index (κ2) is 12.6. The van der Waals surface area contributed by atoms with E-state index in [1.54, 1.807) is 12.4 Å². The van der Waals surface area contributed by atoms with Crippen molar-refractivity contribution >= 4 is 39.8 Å². The number of carbonyl (C=O) groups excluding carboxylic acids is 1. The molecule has 1 atom stereocenters. The van der Waals surface area contributed by atoms with Crippen LogP contribution in [0.1, 0.15) is 40.8 Å². The summed E-state index contributed by atoms with van der Waals surface area (Å²) >= 11 is 6.23. The fourth-order valence-electron chi connectivity index (χ4n) is 6.96. The van der Waals surface area contributed by atoms with Crippen LogP contribution in [0.15, 0.2) is 157 Å². The van der Waals surface area contributed by atoms with E-state index in [0.29, 0.717) is 17.2 Å². The van der Waals surface area contributed by atoms with Crippen LogP contribution in [0, 0.1) is 0 Å². The van der Waals surface area contributed by atoms with E-state index >= 15 is 0 Å². The third-order valence-corrected chi connectivity index (χ3v) is 9.53. The molecule has 49 heavy (non-hydrogen) atoms. The van der Waals surface area contributed by atoms with Crippen LogP contribution in [0.2, 0.25) is 5.02 Å². The lowest BCUT2D eigenvalue weighted by Crippen LogP contribution is -2.38. The molecule has 0 saturated heterocycles. The Morgan fingerprint density at radius 3 is 1.98 bits per heavy atom. The lowest BCUT2D eigenvalue weighted by atomic mass is 9.77. The van der Waals surface area contributed by atoms with Crippen molar-refractivity contribution in [3.05, 3.63) is 185 Å². The monoisotopic (exact) mass is 657 g/mol. The number of fused-ring (bicyclic) bond motifs is 2. The maximum absolute atomic E-state index is 13.6. The molecule has 0 fully saturated rings. The highest BCUT2D eigenvalue weighted by atomic mass is 35.5. The predicted molar refractivity (Wildman–Crippen MR) is 196 cm³/mol. The summed E-state index contributed by atoms with van der Waals surface area (Å²) < 4.78 is 2.16. The molecular weight excluding hydrogens is 626 g/mol. The summed E-state index contributed by atoms with van der Waals surface area (Å²) in [5.74, 6) is -0.198. The van der Waals surface area contributed by atoms with Gasteiger partial charge < -0.3 is 5.32 Å². The molecule has 1 aliphatic rings. The molecule has 1 N–H and O–H groups in total. The van der Waals surface area contributed by atoms with Crippen molar-refractivity contribution in [3.63, 3.8) is 0 Å². The van der Waals surface area contributed by atoms with Crippen molar-refractivity contribution in [2.24, 2.45) is 4.99 Å². The van der Waals surface area contributed by atoms with Crippen molar-refractivity contribution in [1.29, 1.82) is 0 Å². The average molecular weight is 658 g/mol. The Hall–Kier alpha value is -5.85. The van der Waals surface area contributed by atoms with Gasteiger partial charge in [0.2, 0.25) is 0 Å². The van der Waals surface area contributed by atoms with E-state index in [0.717, 1.165) is 55.7 Å². The maximum atomic E-state index is 13.6. The summed E-state index contributed by atoms with van der Waals surface area (Å²) in [5.41, 5.74) is 8.24. The van der Waals surface area contributed by atoms with E-state index in [2.05, 4.69) is 99.9 Å². The Bertz CT molecular complexity index is 2220. The van der Waals surface area contributed by atoms with Gasteiger partial charge in [-0.05, 0) is 71.1 Å². The molecule has 6 nitrogen and oxygen atoms in total. The molecule has 0 bridgehead atoms. The van der Waals surface area contributed by atoms with E-state index < -0.39 is 5.54 Å². The molecule has 1 amide bonds. The van der Waals surface area contributed by atoms with E-state index in [-0.39, 0.29) is 11.9 Å². The predicted octanol–water partition coefficient (Wildman–Crippen LogP) is 9.10. The topological polar surface area (TPSA) is 72.2 Å². The largest absolute Gasteiger partial charge is 0.344 e. The zero-order valence-electron chi connectivity index (χ0n) is 26.8. The second-order valence-corrected chi connectivity index (χ2v) is 12.7. The Balaban J connectivity index is 1.32. The Labute approximate surface area is 289 Å². The first-order valence-corrected chi connectivity index (χ1v) is 16.7. The first-order valence-electron chi connectivity index (χ1n) is 16.3. The van der Waals surface area contributed by atoms with Crippen LogP contribution in [0.5, 0.6) is 0 Å². The molecule has 3 heterocycles. The molecule has 238 valence electrons. The van der Waals surface area contributed by atoms with Crippen LogP contribution in [-0.4, -0.2) is 26.4 Å². The number of aromatic nitrogens is 3. The fourth-order valence-corrected chi connectivity index (χ4v) is 7.16. The van der Waals surface area contributed by atoms with E-state index in [4.69, 9.17) is 21.7 Å². The van der Waals surface area contributed by atoms with E-state index in [1.807, 2.05) is 61.5 Å². The third kappa shape index (κ3) is 5.40. The molecule has 0 saturated carbocycles. The lowest BCUT2D eigenvalue weighted by molar-refractivity contribution is -0.115. The minimum atomic E-state index is -0.826. The number of halogens is 1. The maximum Gasteiger partial charge on any atom is 0.266 e. The Morgan fingerprint density at radius 2 is 1.39 bits per heavy atom. The molecule has 0 spiro atoms. The summed E-state index contributed by atoms with van der Waals surface area (Å²) in [7, 11) is 0. The van der Waals surface area contributed by atoms with Crippen molar-refractivity contribution in [2.75, 3.05) is 0 Å². The molecule has 2 aromatic heterocycles. The van der Waals surface area contributed by atoms with Gasteiger partial charge >= 0.3 is 0 Å². The van der Waals surface area contributed by atoms with Crippen LogP contribution >= 0.6 is 11.6 Å². The van der Waals surface area contributed by atoms with Crippen LogP contribution < -0.4 is 5.32 Å². The van der Waals surface area contributed by atoms with Gasteiger partial charge in [-0.1, -0.05) is 115 Å². The van der Waals surface area contributed by atoms with Crippen molar-refractivity contribution in [1.82, 2.24) is 20.1 Å². The lowest BCUT2D eigenvalue weighted by Gasteiger charge is -2.37. The number of nitrogens with zero attached hydrogens (tertiary/aromatic N) is 4.